The minimum atomic E-state index is -0.689. The van der Waals surface area contributed by atoms with E-state index in [0.29, 0.717) is 25.9 Å². The van der Waals surface area contributed by atoms with Gasteiger partial charge < -0.3 is 20.3 Å². The Morgan fingerprint density at radius 1 is 0.431 bits per heavy atom. The first-order valence-electron chi connectivity index (χ1n) is 28.7. The normalized spacial score (nSPS) is 12.9. The lowest BCUT2D eigenvalue weighted by Gasteiger charge is -2.22. The zero-order chi connectivity index (χ0) is 47.2. The molecule has 2 atom stereocenters. The zero-order valence-corrected chi connectivity index (χ0v) is 43.5. The molecular weight excluding hydrogens is 803 g/mol. The molecule has 0 spiro atoms. The number of hydrogen-bond donors (Lipinski definition) is 3. The summed E-state index contributed by atoms with van der Waals surface area (Å²) < 4.78 is 5.42. The third-order valence-electron chi connectivity index (χ3n) is 13.1. The van der Waals surface area contributed by atoms with Crippen molar-refractivity contribution in [2.75, 3.05) is 13.2 Å². The maximum atomic E-state index is 12.5. The van der Waals surface area contributed by atoms with Crippen molar-refractivity contribution in [1.82, 2.24) is 5.32 Å². The predicted octanol–water partition coefficient (Wildman–Crippen LogP) is 17.6. The Labute approximate surface area is 404 Å². The summed E-state index contributed by atoms with van der Waals surface area (Å²) in [6, 6.07) is -0.569. The Morgan fingerprint density at radius 2 is 0.800 bits per heavy atom. The molecule has 0 heterocycles. The van der Waals surface area contributed by atoms with Crippen LogP contribution < -0.4 is 5.32 Å². The van der Waals surface area contributed by atoms with E-state index in [9.17, 15) is 19.8 Å². The van der Waals surface area contributed by atoms with E-state index in [4.69, 9.17) is 4.74 Å². The number of aliphatic hydroxyl groups excluding tert-OH is 2. The average Bonchev–Trinajstić information content (AvgIpc) is 3.31. The monoisotopic (exact) mass is 914 g/mol. The van der Waals surface area contributed by atoms with Gasteiger partial charge in [-0.15, -0.1) is 0 Å². The van der Waals surface area contributed by atoms with Crippen molar-refractivity contribution in [1.29, 1.82) is 0 Å². The first-order valence-corrected chi connectivity index (χ1v) is 28.7. The molecule has 6 nitrogen and oxygen atoms in total. The van der Waals surface area contributed by atoms with Gasteiger partial charge in [0.05, 0.1) is 25.4 Å². The van der Waals surface area contributed by atoms with Gasteiger partial charge in [-0.25, -0.2) is 0 Å². The standard InChI is InChI=1S/C59H111NO5/c1-3-5-7-9-11-13-15-17-18-19-20-21-22-23-24-25-26-27-28-30-31-35-39-43-47-51-57(62)56(55-61)60-58(63)52-48-44-40-36-33-34-38-42-46-50-54-65-59(64)53-49-45-41-37-32-29-16-14-12-10-8-6-4-2/h8,10,14,16,34,38,56-57,61-62H,3-7,9,11-13,15,17-33,35-37,39-55H2,1-2H3,(H,60,63)/b10-8-,16-14-,38-34-. The molecule has 3 N–H and O–H groups in total. The van der Waals surface area contributed by atoms with E-state index in [-0.39, 0.29) is 18.5 Å². The van der Waals surface area contributed by atoms with Crippen LogP contribution in [-0.4, -0.2) is 47.4 Å². The highest BCUT2D eigenvalue weighted by Crippen LogP contribution is 2.17. The first-order chi connectivity index (χ1) is 32.0. The number of esters is 1. The average molecular weight is 915 g/mol. The van der Waals surface area contributed by atoms with Gasteiger partial charge in [-0.1, -0.05) is 249 Å². The van der Waals surface area contributed by atoms with Crippen molar-refractivity contribution >= 4 is 11.9 Å². The van der Waals surface area contributed by atoms with Crippen molar-refractivity contribution in [3.63, 3.8) is 0 Å². The quantitative estimate of drug-likeness (QED) is 0.0321. The highest BCUT2D eigenvalue weighted by Gasteiger charge is 2.20. The molecule has 0 saturated carbocycles. The van der Waals surface area contributed by atoms with Gasteiger partial charge in [0, 0.05) is 12.8 Å². The van der Waals surface area contributed by atoms with Crippen molar-refractivity contribution in [2.24, 2.45) is 0 Å². The van der Waals surface area contributed by atoms with Gasteiger partial charge in [-0.05, 0) is 77.0 Å². The van der Waals surface area contributed by atoms with Crippen molar-refractivity contribution < 1.29 is 24.5 Å². The second kappa shape index (κ2) is 54.7. The van der Waals surface area contributed by atoms with E-state index in [1.807, 2.05) is 0 Å². The molecule has 0 fully saturated rings. The van der Waals surface area contributed by atoms with E-state index in [0.717, 1.165) is 89.9 Å². The molecule has 0 aliphatic carbocycles. The van der Waals surface area contributed by atoms with Crippen LogP contribution in [0.2, 0.25) is 0 Å². The molecule has 0 aliphatic heterocycles. The molecule has 382 valence electrons. The summed E-state index contributed by atoms with van der Waals surface area (Å²) in [6.07, 6.45) is 67.1. The number of amides is 1. The molecule has 1 amide bonds. The molecule has 0 rings (SSSR count). The number of unbranched alkanes of at least 4 members (excludes halogenated alkanes) is 36. The van der Waals surface area contributed by atoms with Crippen LogP contribution in [0.15, 0.2) is 36.5 Å². The van der Waals surface area contributed by atoms with Gasteiger partial charge in [0.1, 0.15) is 0 Å². The summed E-state index contributed by atoms with van der Waals surface area (Å²) in [4.78, 5) is 24.5. The van der Waals surface area contributed by atoms with Crippen LogP contribution in [0, 0.1) is 0 Å². The largest absolute Gasteiger partial charge is 0.466 e. The van der Waals surface area contributed by atoms with Crippen LogP contribution in [0.5, 0.6) is 0 Å². The SMILES string of the molecule is CCC/C=C\C/C=C\CCCCCCCC(=O)OCCCC/C=C\CCCCCCC(=O)NC(CO)C(O)CCCCCCCCCCCCCCCCCCCCCCCCCCC. The highest BCUT2D eigenvalue weighted by molar-refractivity contribution is 5.76. The second-order valence-electron chi connectivity index (χ2n) is 19.6. The summed E-state index contributed by atoms with van der Waals surface area (Å²) in [7, 11) is 0. The zero-order valence-electron chi connectivity index (χ0n) is 43.5. The van der Waals surface area contributed by atoms with Crippen molar-refractivity contribution in [3.8, 4) is 0 Å². The number of carbonyl (C=O) groups excluding carboxylic acids is 2. The molecule has 2 unspecified atom stereocenters. The van der Waals surface area contributed by atoms with Crippen molar-refractivity contribution in [3.05, 3.63) is 36.5 Å². The van der Waals surface area contributed by atoms with E-state index in [1.165, 1.54) is 180 Å². The molecule has 0 bridgehead atoms. The molecule has 0 aromatic rings. The van der Waals surface area contributed by atoms with Gasteiger partial charge in [-0.3, -0.25) is 9.59 Å². The maximum Gasteiger partial charge on any atom is 0.305 e. The molecule has 0 radical (unpaired) electrons. The Hall–Kier alpha value is -1.92. The third kappa shape index (κ3) is 51.3. The highest BCUT2D eigenvalue weighted by atomic mass is 16.5. The molecular formula is C59H111NO5. The second-order valence-corrected chi connectivity index (χ2v) is 19.6. The van der Waals surface area contributed by atoms with Crippen LogP contribution in [0.3, 0.4) is 0 Å². The number of rotatable bonds is 53. The number of carbonyl (C=O) groups is 2. The smallest absolute Gasteiger partial charge is 0.305 e. The topological polar surface area (TPSA) is 95.9 Å². The lowest BCUT2D eigenvalue weighted by molar-refractivity contribution is -0.143. The Morgan fingerprint density at radius 3 is 1.25 bits per heavy atom. The van der Waals surface area contributed by atoms with Gasteiger partial charge in [0.25, 0.3) is 0 Å². The van der Waals surface area contributed by atoms with E-state index < -0.39 is 12.1 Å². The van der Waals surface area contributed by atoms with E-state index in [1.54, 1.807) is 0 Å². The summed E-state index contributed by atoms with van der Waals surface area (Å²) in [6.45, 7) is 4.80. The van der Waals surface area contributed by atoms with Gasteiger partial charge in [-0.2, -0.15) is 0 Å². The first kappa shape index (κ1) is 63.1. The Kier molecular flexibility index (Phi) is 53.1. The fourth-order valence-electron chi connectivity index (χ4n) is 8.73. The maximum absolute atomic E-state index is 12.5. The molecule has 0 saturated heterocycles. The van der Waals surface area contributed by atoms with Crippen molar-refractivity contribution in [2.45, 2.75) is 315 Å². The summed E-state index contributed by atoms with van der Waals surface area (Å²) in [5.41, 5.74) is 0. The summed E-state index contributed by atoms with van der Waals surface area (Å²) in [5.74, 6) is -0.121. The minimum absolute atomic E-state index is 0.0512. The molecule has 6 heteroatoms. The molecule has 0 aromatic carbocycles. The lowest BCUT2D eigenvalue weighted by Crippen LogP contribution is -2.45. The minimum Gasteiger partial charge on any atom is -0.466 e. The third-order valence-corrected chi connectivity index (χ3v) is 13.1. The van der Waals surface area contributed by atoms with E-state index >= 15 is 0 Å². The van der Waals surface area contributed by atoms with Gasteiger partial charge in [0.2, 0.25) is 5.91 Å². The van der Waals surface area contributed by atoms with Gasteiger partial charge in [0.15, 0.2) is 0 Å². The molecule has 0 aliphatic rings. The predicted molar refractivity (Wildman–Crippen MR) is 283 cm³/mol. The lowest BCUT2D eigenvalue weighted by atomic mass is 10.0. The number of hydrogen-bond acceptors (Lipinski definition) is 5. The van der Waals surface area contributed by atoms with Crippen LogP contribution >= 0.6 is 0 Å². The number of ether oxygens (including phenoxy) is 1. The molecule has 0 aromatic heterocycles. The van der Waals surface area contributed by atoms with E-state index in [2.05, 4.69) is 55.6 Å². The van der Waals surface area contributed by atoms with Crippen LogP contribution in [0.4, 0.5) is 0 Å². The van der Waals surface area contributed by atoms with Crippen LogP contribution in [0.25, 0.3) is 0 Å². The number of nitrogens with one attached hydrogen (secondary N) is 1. The fourth-order valence-corrected chi connectivity index (χ4v) is 8.73. The summed E-state index contributed by atoms with van der Waals surface area (Å²) >= 11 is 0. The summed E-state index contributed by atoms with van der Waals surface area (Å²) in [5, 5.41) is 23.3. The van der Waals surface area contributed by atoms with Crippen LogP contribution in [0.1, 0.15) is 303 Å². The Balaban J connectivity index is 3.51. The Bertz CT molecular complexity index is 1060. The molecule has 65 heavy (non-hydrogen) atoms. The number of aliphatic hydroxyl groups is 2. The van der Waals surface area contributed by atoms with Crippen LogP contribution in [-0.2, 0) is 14.3 Å². The van der Waals surface area contributed by atoms with Gasteiger partial charge >= 0.3 is 5.97 Å². The number of allylic oxidation sites excluding steroid dienone is 6. The fraction of sp³-hybridized carbons (Fsp3) is 0.864.